The van der Waals surface area contributed by atoms with Gasteiger partial charge in [0.1, 0.15) is 11.2 Å². The van der Waals surface area contributed by atoms with Gasteiger partial charge in [0.05, 0.1) is 11.8 Å². The summed E-state index contributed by atoms with van der Waals surface area (Å²) in [7, 11) is 0. The molecule has 7 heteroatoms. The summed E-state index contributed by atoms with van der Waals surface area (Å²) >= 11 is 0. The summed E-state index contributed by atoms with van der Waals surface area (Å²) in [5.41, 5.74) is 1.86. The number of carbonyl (C=O) groups excluding carboxylic acids is 1. The van der Waals surface area contributed by atoms with Crippen LogP contribution in [-0.4, -0.2) is 41.1 Å². The second-order valence-corrected chi connectivity index (χ2v) is 9.02. The number of nitrogens with zero attached hydrogens (tertiary/aromatic N) is 4. The number of carbonyl (C=O) groups is 1. The van der Waals surface area contributed by atoms with Gasteiger partial charge in [-0.3, -0.25) is 4.79 Å². The predicted molar refractivity (Wildman–Crippen MR) is 119 cm³/mol. The first-order chi connectivity index (χ1) is 14.6. The van der Waals surface area contributed by atoms with E-state index in [9.17, 15) is 14.4 Å². The molecule has 1 aromatic rings. The molecule has 6 nitrogen and oxygen atoms in total. The van der Waals surface area contributed by atoms with Crippen LogP contribution in [0.5, 0.6) is 0 Å². The number of allylic oxidation sites excluding steroid dienone is 1. The molecule has 1 aliphatic heterocycles. The molecule has 164 valence electrons. The molecule has 0 radical (unpaired) electrons. The van der Waals surface area contributed by atoms with Crippen LogP contribution in [0, 0.1) is 17.3 Å². The zero-order valence-corrected chi connectivity index (χ0v) is 18.8. The molecular formula is C24H30FN5O. The number of piperidine rings is 1. The summed E-state index contributed by atoms with van der Waals surface area (Å²) in [4.78, 5) is 23.3. The van der Waals surface area contributed by atoms with Crippen LogP contribution in [0.1, 0.15) is 59.1 Å². The molecule has 1 amide bonds. The van der Waals surface area contributed by atoms with E-state index < -0.39 is 11.4 Å². The highest BCUT2D eigenvalue weighted by atomic mass is 19.1. The highest BCUT2D eigenvalue weighted by Gasteiger charge is 2.41. The number of halogens is 1. The van der Waals surface area contributed by atoms with Crippen molar-refractivity contribution in [3.05, 3.63) is 52.4 Å². The zero-order chi connectivity index (χ0) is 22.8. The molecule has 0 atom stereocenters. The molecule has 1 aromatic heterocycles. The van der Waals surface area contributed by atoms with Crippen molar-refractivity contribution in [2.75, 3.05) is 13.1 Å². The Morgan fingerprint density at radius 1 is 1.26 bits per heavy atom. The highest BCUT2D eigenvalue weighted by Crippen LogP contribution is 2.37. The van der Waals surface area contributed by atoms with Gasteiger partial charge in [-0.05, 0) is 72.2 Å². The minimum Gasteiger partial charge on any atom is -0.365 e. The third kappa shape index (κ3) is 4.68. The first kappa shape index (κ1) is 22.7. The van der Waals surface area contributed by atoms with Gasteiger partial charge in [-0.1, -0.05) is 11.6 Å². The van der Waals surface area contributed by atoms with Gasteiger partial charge >= 0.3 is 0 Å². The number of nitrogens with one attached hydrogen (secondary N) is 1. The van der Waals surface area contributed by atoms with E-state index in [0.29, 0.717) is 43.0 Å². The number of rotatable bonds is 6. The van der Waals surface area contributed by atoms with Gasteiger partial charge in [0.15, 0.2) is 0 Å². The largest absolute Gasteiger partial charge is 0.365 e. The highest BCUT2D eigenvalue weighted by molar-refractivity contribution is 5.98. The Morgan fingerprint density at radius 2 is 1.90 bits per heavy atom. The number of hydrogen-bond acceptors (Lipinski definition) is 5. The second kappa shape index (κ2) is 8.62. The molecule has 0 unspecified atom stereocenters. The van der Waals surface area contributed by atoms with Crippen LogP contribution in [0.4, 0.5) is 4.39 Å². The Morgan fingerprint density at radius 3 is 2.39 bits per heavy atom. The predicted octanol–water partition coefficient (Wildman–Crippen LogP) is 4.02. The minimum atomic E-state index is -0.884. The van der Waals surface area contributed by atoms with Gasteiger partial charge in [-0.25, -0.2) is 9.98 Å². The lowest BCUT2D eigenvalue weighted by molar-refractivity contribution is -0.128. The maximum Gasteiger partial charge on any atom is 0.254 e. The Balaban J connectivity index is 1.81. The number of aromatic nitrogens is 1. The number of amides is 1. The second-order valence-electron chi connectivity index (χ2n) is 9.02. The normalized spacial score (nSPS) is 19.5. The molecule has 3 rings (SSSR count). The van der Waals surface area contributed by atoms with Crippen molar-refractivity contribution in [2.24, 2.45) is 4.99 Å². The summed E-state index contributed by atoms with van der Waals surface area (Å²) in [5.74, 6) is -0.0448. The van der Waals surface area contributed by atoms with E-state index in [1.54, 1.807) is 17.0 Å². The van der Waals surface area contributed by atoms with Crippen LogP contribution in [0.25, 0.3) is 0 Å². The Hall–Kier alpha value is -3.01. The molecule has 2 fully saturated rings. The van der Waals surface area contributed by atoms with Crippen LogP contribution < -0.4 is 5.32 Å². The zero-order valence-electron chi connectivity index (χ0n) is 18.8. The van der Waals surface area contributed by atoms with Crippen LogP contribution >= 0.6 is 0 Å². The average molecular weight is 424 g/mol. The van der Waals surface area contributed by atoms with Crippen molar-refractivity contribution in [1.29, 1.82) is 5.26 Å². The van der Waals surface area contributed by atoms with E-state index >= 15 is 0 Å². The van der Waals surface area contributed by atoms with E-state index in [2.05, 4.69) is 35.0 Å². The third-order valence-electron chi connectivity index (χ3n) is 6.35. The lowest BCUT2D eigenvalue weighted by atomic mass is 9.76. The molecule has 1 aliphatic carbocycles. The van der Waals surface area contributed by atoms with Crippen molar-refractivity contribution in [1.82, 2.24) is 15.2 Å². The monoisotopic (exact) mass is 423 g/mol. The molecule has 1 N–H and O–H groups in total. The minimum absolute atomic E-state index is 0.0169. The van der Waals surface area contributed by atoms with Crippen LogP contribution in [-0.2, 0) is 10.2 Å². The number of likely N-dealkylation sites (tertiary alicyclic amines) is 1. The van der Waals surface area contributed by atoms with E-state index in [4.69, 9.17) is 0 Å². The first-order valence-electron chi connectivity index (χ1n) is 10.6. The standard InChI is InChI=1S/C24H30FN5O/c1-16(2)20(17(3)21(27-5)29-23(4)9-10-23)22(31)30-13-11-24(15-26,12-14-30)18-7-6-8-19(25)28-18/h6-8,29H,5,9-14H2,1-4H3/b21-17-. The van der Waals surface area contributed by atoms with Crippen LogP contribution in [0.2, 0.25) is 0 Å². The molecule has 2 heterocycles. The van der Waals surface area contributed by atoms with Crippen molar-refractivity contribution in [3.63, 3.8) is 0 Å². The molecule has 0 aromatic carbocycles. The first-order valence-corrected chi connectivity index (χ1v) is 10.6. The summed E-state index contributed by atoms with van der Waals surface area (Å²) < 4.78 is 13.6. The van der Waals surface area contributed by atoms with Gasteiger partial charge in [-0.15, -0.1) is 0 Å². The lowest BCUT2D eigenvalue weighted by Gasteiger charge is -2.37. The van der Waals surface area contributed by atoms with Gasteiger partial charge < -0.3 is 10.2 Å². The molecule has 0 bridgehead atoms. The molecule has 1 saturated carbocycles. The Labute approximate surface area is 183 Å². The summed E-state index contributed by atoms with van der Waals surface area (Å²) in [5, 5.41) is 13.3. The third-order valence-corrected chi connectivity index (χ3v) is 6.35. The summed E-state index contributed by atoms with van der Waals surface area (Å²) in [6.45, 7) is 12.3. The summed E-state index contributed by atoms with van der Waals surface area (Å²) in [6.07, 6.45) is 2.95. The van der Waals surface area contributed by atoms with E-state index in [0.717, 1.165) is 24.0 Å². The average Bonchev–Trinajstić information content (AvgIpc) is 3.48. The topological polar surface area (TPSA) is 81.4 Å². The summed E-state index contributed by atoms with van der Waals surface area (Å²) in [6, 6.07) is 6.86. The maximum atomic E-state index is 13.6. The number of hydrogen-bond donors (Lipinski definition) is 1. The lowest BCUT2D eigenvalue weighted by Crippen LogP contribution is -2.45. The van der Waals surface area contributed by atoms with Crippen LogP contribution in [0.3, 0.4) is 0 Å². The number of aliphatic imine (C=N–C) groups is 1. The number of nitriles is 1. The van der Waals surface area contributed by atoms with Gasteiger partial charge in [0.2, 0.25) is 5.95 Å². The van der Waals surface area contributed by atoms with Crippen molar-refractivity contribution in [3.8, 4) is 6.07 Å². The quantitative estimate of drug-likeness (QED) is 0.324. The van der Waals surface area contributed by atoms with Gasteiger partial charge in [0, 0.05) is 29.8 Å². The van der Waals surface area contributed by atoms with E-state index in [1.165, 1.54) is 6.07 Å². The smallest absolute Gasteiger partial charge is 0.254 e. The van der Waals surface area contributed by atoms with Crippen molar-refractivity contribution in [2.45, 2.75) is 64.3 Å². The SMILES string of the molecule is C=N/C(NC1(C)CC1)=C(\C)C(C(=O)N1CCC(C#N)(c2cccc(F)n2)CC1)=C(C)C. The molecule has 31 heavy (non-hydrogen) atoms. The van der Waals surface area contributed by atoms with Gasteiger partial charge in [-0.2, -0.15) is 9.65 Å². The van der Waals surface area contributed by atoms with E-state index in [1.807, 2.05) is 20.8 Å². The van der Waals surface area contributed by atoms with Gasteiger partial charge in [0.25, 0.3) is 5.91 Å². The fraction of sp³-hybridized carbons (Fsp3) is 0.500. The molecule has 0 spiro atoms. The number of pyridine rings is 1. The molecule has 2 aliphatic rings. The van der Waals surface area contributed by atoms with Crippen LogP contribution in [0.15, 0.2) is 45.7 Å². The fourth-order valence-corrected chi connectivity index (χ4v) is 4.07. The molecule has 1 saturated heterocycles. The maximum absolute atomic E-state index is 13.6. The Kier molecular flexibility index (Phi) is 6.30. The molecular weight excluding hydrogens is 393 g/mol. The fourth-order valence-electron chi connectivity index (χ4n) is 4.07. The van der Waals surface area contributed by atoms with Crippen molar-refractivity contribution >= 4 is 12.6 Å². The van der Waals surface area contributed by atoms with E-state index in [-0.39, 0.29) is 11.4 Å². The Bertz CT molecular complexity index is 987. The van der Waals surface area contributed by atoms with Crippen molar-refractivity contribution < 1.29 is 9.18 Å².